The first-order chi connectivity index (χ1) is 10.2. The molecule has 0 saturated heterocycles. The lowest BCUT2D eigenvalue weighted by atomic mass is 9.53. The average molecular weight is 280 g/mol. The molecule has 0 nitrogen and oxygen atoms in total. The molecule has 3 fully saturated rings. The van der Waals surface area contributed by atoms with Gasteiger partial charge in [-0.2, -0.15) is 0 Å². The Bertz CT molecular complexity index is 513. The zero-order chi connectivity index (χ0) is 14.8. The minimum absolute atomic E-state index is 0.346. The molecule has 1 aromatic rings. The first-order valence-electron chi connectivity index (χ1n) is 8.81. The molecule has 0 amide bonds. The van der Waals surface area contributed by atoms with Gasteiger partial charge in [0.2, 0.25) is 0 Å². The first kappa shape index (κ1) is 14.7. The van der Waals surface area contributed by atoms with E-state index in [9.17, 15) is 0 Å². The van der Waals surface area contributed by atoms with Crippen molar-refractivity contribution in [3.8, 4) is 11.8 Å². The Labute approximate surface area is 130 Å². The summed E-state index contributed by atoms with van der Waals surface area (Å²) in [6.07, 6.45) is 12.2. The summed E-state index contributed by atoms with van der Waals surface area (Å²) < 4.78 is 0. The van der Waals surface area contributed by atoms with Gasteiger partial charge >= 0.3 is 0 Å². The van der Waals surface area contributed by atoms with Gasteiger partial charge in [0.05, 0.1) is 0 Å². The van der Waals surface area contributed by atoms with Crippen LogP contribution in [0.1, 0.15) is 76.3 Å². The van der Waals surface area contributed by atoms with Gasteiger partial charge in [-0.25, -0.2) is 0 Å². The van der Waals surface area contributed by atoms with E-state index >= 15 is 0 Å². The van der Waals surface area contributed by atoms with Crippen molar-refractivity contribution < 1.29 is 0 Å². The Morgan fingerprint density at radius 1 is 0.905 bits per heavy atom. The van der Waals surface area contributed by atoms with E-state index in [0.717, 1.165) is 6.42 Å². The maximum atomic E-state index is 3.69. The zero-order valence-electron chi connectivity index (χ0n) is 13.7. The fraction of sp³-hybridized carbons (Fsp3) is 0.619. The lowest BCUT2D eigenvalue weighted by Crippen LogP contribution is -2.40. The number of aryl methyl sites for hydroxylation is 1. The van der Waals surface area contributed by atoms with Gasteiger partial charge in [0.15, 0.2) is 0 Å². The van der Waals surface area contributed by atoms with Crippen LogP contribution < -0.4 is 0 Å². The largest absolute Gasteiger partial charge is 0.0911 e. The van der Waals surface area contributed by atoms with Gasteiger partial charge in [-0.1, -0.05) is 44.2 Å². The van der Waals surface area contributed by atoms with Gasteiger partial charge in [0, 0.05) is 11.0 Å². The maximum Gasteiger partial charge on any atom is 0.0319 e. The Hall–Kier alpha value is -1.22. The summed E-state index contributed by atoms with van der Waals surface area (Å²) in [5, 5.41) is 0. The molecule has 112 valence electrons. The molecule has 0 unspecified atom stereocenters. The molecule has 0 aromatic heterocycles. The summed E-state index contributed by atoms with van der Waals surface area (Å²) in [7, 11) is 0. The normalized spacial score (nSPS) is 30.8. The van der Waals surface area contributed by atoms with Crippen LogP contribution in [0.15, 0.2) is 24.3 Å². The predicted octanol–water partition coefficient (Wildman–Crippen LogP) is 5.74. The lowest BCUT2D eigenvalue weighted by Gasteiger charge is -2.51. The van der Waals surface area contributed by atoms with Gasteiger partial charge in [0.1, 0.15) is 0 Å². The summed E-state index contributed by atoms with van der Waals surface area (Å²) in [6, 6.07) is 8.82. The number of hydrogen-bond donors (Lipinski definition) is 0. The SMILES string of the molecule is CCCC12CCC(C#Cc3ccc(CC)cc3)(CC1)CC2. The number of rotatable bonds is 3. The third-order valence-electron chi connectivity index (χ3n) is 6.02. The highest BCUT2D eigenvalue weighted by Gasteiger charge is 2.47. The molecule has 2 bridgehead atoms. The minimum atomic E-state index is 0.346. The van der Waals surface area contributed by atoms with Gasteiger partial charge in [-0.05, 0) is 74.5 Å². The lowest BCUT2D eigenvalue weighted by molar-refractivity contribution is 0.0200. The fourth-order valence-electron chi connectivity index (χ4n) is 4.38. The van der Waals surface area contributed by atoms with Gasteiger partial charge < -0.3 is 0 Å². The molecule has 0 heteroatoms. The molecule has 3 aliphatic rings. The molecule has 0 N–H and O–H groups in total. The molecular weight excluding hydrogens is 252 g/mol. The molecule has 0 heterocycles. The molecule has 21 heavy (non-hydrogen) atoms. The van der Waals surface area contributed by atoms with Crippen molar-refractivity contribution in [1.29, 1.82) is 0 Å². The van der Waals surface area contributed by atoms with E-state index in [2.05, 4.69) is 50.0 Å². The number of fused-ring (bicyclic) bond motifs is 3. The quantitative estimate of drug-likeness (QED) is 0.619. The van der Waals surface area contributed by atoms with Crippen molar-refractivity contribution in [3.63, 3.8) is 0 Å². The van der Waals surface area contributed by atoms with Crippen LogP contribution in [-0.2, 0) is 6.42 Å². The van der Waals surface area contributed by atoms with Crippen LogP contribution in [0.25, 0.3) is 0 Å². The molecule has 0 spiro atoms. The van der Waals surface area contributed by atoms with E-state index in [0.29, 0.717) is 10.8 Å². The van der Waals surface area contributed by atoms with Crippen LogP contribution in [0.2, 0.25) is 0 Å². The highest BCUT2D eigenvalue weighted by molar-refractivity contribution is 5.38. The average Bonchev–Trinajstić information content (AvgIpc) is 2.55. The highest BCUT2D eigenvalue weighted by atomic mass is 14.5. The van der Waals surface area contributed by atoms with Crippen LogP contribution in [0.5, 0.6) is 0 Å². The smallest absolute Gasteiger partial charge is 0.0319 e. The van der Waals surface area contributed by atoms with Crippen LogP contribution >= 0.6 is 0 Å². The molecule has 0 aliphatic heterocycles. The van der Waals surface area contributed by atoms with E-state index in [4.69, 9.17) is 0 Å². The van der Waals surface area contributed by atoms with Gasteiger partial charge in [-0.15, -0.1) is 0 Å². The monoisotopic (exact) mass is 280 g/mol. The summed E-state index contributed by atoms with van der Waals surface area (Å²) in [5.74, 6) is 7.16. The summed E-state index contributed by atoms with van der Waals surface area (Å²) in [6.45, 7) is 4.54. The molecule has 3 aliphatic carbocycles. The van der Waals surface area contributed by atoms with E-state index in [1.54, 1.807) is 0 Å². The second-order valence-corrected chi connectivity index (χ2v) is 7.33. The van der Waals surface area contributed by atoms with Crippen molar-refractivity contribution in [2.24, 2.45) is 10.8 Å². The number of hydrogen-bond acceptors (Lipinski definition) is 0. The molecule has 0 radical (unpaired) electrons. The van der Waals surface area contributed by atoms with E-state index in [-0.39, 0.29) is 0 Å². The summed E-state index contributed by atoms with van der Waals surface area (Å²) in [4.78, 5) is 0. The van der Waals surface area contributed by atoms with Crippen LogP contribution in [0.4, 0.5) is 0 Å². The van der Waals surface area contributed by atoms with Gasteiger partial charge in [0.25, 0.3) is 0 Å². The number of benzene rings is 1. The van der Waals surface area contributed by atoms with Gasteiger partial charge in [-0.3, -0.25) is 0 Å². The summed E-state index contributed by atoms with van der Waals surface area (Å²) >= 11 is 0. The topological polar surface area (TPSA) is 0 Å². The van der Waals surface area contributed by atoms with Crippen LogP contribution in [0, 0.1) is 22.7 Å². The van der Waals surface area contributed by atoms with E-state index in [1.807, 2.05) is 0 Å². The Morgan fingerprint density at radius 3 is 2.05 bits per heavy atom. The van der Waals surface area contributed by atoms with Crippen molar-refractivity contribution in [2.75, 3.05) is 0 Å². The Kier molecular flexibility index (Phi) is 4.12. The molecule has 3 saturated carbocycles. The standard InChI is InChI=1S/C21H28/c1-3-10-20-12-15-21(16-13-20,17-14-20)11-9-19-7-5-18(4-2)6-8-19/h5-8H,3-4,10,12-17H2,1-2H3. The molecular formula is C21H28. The van der Waals surface area contributed by atoms with Crippen LogP contribution in [0.3, 0.4) is 0 Å². The zero-order valence-corrected chi connectivity index (χ0v) is 13.7. The van der Waals surface area contributed by atoms with Crippen molar-refractivity contribution in [1.82, 2.24) is 0 Å². The predicted molar refractivity (Wildman–Crippen MR) is 90.2 cm³/mol. The minimum Gasteiger partial charge on any atom is -0.0911 e. The second-order valence-electron chi connectivity index (χ2n) is 7.33. The highest BCUT2D eigenvalue weighted by Crippen LogP contribution is 2.58. The van der Waals surface area contributed by atoms with Crippen molar-refractivity contribution in [3.05, 3.63) is 35.4 Å². The third kappa shape index (κ3) is 3.03. The van der Waals surface area contributed by atoms with Crippen LogP contribution in [-0.4, -0.2) is 0 Å². The molecule has 4 rings (SSSR count). The molecule has 1 aromatic carbocycles. The van der Waals surface area contributed by atoms with E-state index in [1.165, 1.54) is 62.5 Å². The Morgan fingerprint density at radius 2 is 1.52 bits per heavy atom. The van der Waals surface area contributed by atoms with Crippen molar-refractivity contribution >= 4 is 0 Å². The van der Waals surface area contributed by atoms with E-state index < -0.39 is 0 Å². The van der Waals surface area contributed by atoms with Crippen molar-refractivity contribution in [2.45, 2.75) is 71.6 Å². The molecule has 0 atom stereocenters. The third-order valence-corrected chi connectivity index (χ3v) is 6.02. The Balaban J connectivity index is 1.70. The fourth-order valence-corrected chi connectivity index (χ4v) is 4.38. The first-order valence-corrected chi connectivity index (χ1v) is 8.81. The second kappa shape index (κ2) is 5.88. The maximum absolute atomic E-state index is 3.69. The summed E-state index contributed by atoms with van der Waals surface area (Å²) in [5.41, 5.74) is 3.64.